The fourth-order valence-electron chi connectivity index (χ4n) is 1.41. The van der Waals surface area contributed by atoms with Crippen molar-refractivity contribution in [3.05, 3.63) is 28.8 Å². The summed E-state index contributed by atoms with van der Waals surface area (Å²) >= 11 is 5.90. The minimum atomic E-state index is -0.491. The molecule has 0 aliphatic heterocycles. The van der Waals surface area contributed by atoms with Crippen LogP contribution in [0.3, 0.4) is 0 Å². The third kappa shape index (κ3) is 3.61. The van der Waals surface area contributed by atoms with Gasteiger partial charge in [0.1, 0.15) is 6.07 Å². The minimum Gasteiger partial charge on any atom is -0.325 e. The van der Waals surface area contributed by atoms with Crippen molar-refractivity contribution in [3.63, 3.8) is 0 Å². The van der Waals surface area contributed by atoms with Crippen molar-refractivity contribution in [3.8, 4) is 12.3 Å². The second-order valence-corrected chi connectivity index (χ2v) is 5.29. The molecule has 0 aromatic heterocycles. The van der Waals surface area contributed by atoms with Gasteiger partial charge < -0.3 is 5.32 Å². The predicted octanol–water partition coefficient (Wildman–Crippen LogP) is 3.14. The van der Waals surface area contributed by atoms with Crippen LogP contribution >= 0.6 is 11.6 Å². The van der Waals surface area contributed by atoms with Crippen LogP contribution in [-0.4, -0.2) is 16.4 Å². The lowest BCUT2D eigenvalue weighted by molar-refractivity contribution is 0.321. The average molecular weight is 276 g/mol. The summed E-state index contributed by atoms with van der Waals surface area (Å²) in [7, 11) is 0. The number of rotatable bonds is 1. The number of nitriles is 2. The molecule has 0 atom stereocenters. The Hall–Kier alpha value is -2.24. The molecule has 0 heterocycles. The van der Waals surface area contributed by atoms with Crippen LogP contribution < -0.4 is 5.32 Å². The highest BCUT2D eigenvalue weighted by Gasteiger charge is 2.24. The zero-order valence-electron chi connectivity index (χ0n) is 11.0. The summed E-state index contributed by atoms with van der Waals surface area (Å²) in [5, 5.41) is 28.8. The maximum atomic E-state index is 9.07. The predicted molar refractivity (Wildman–Crippen MR) is 74.7 cm³/mol. The third-order valence-corrected chi connectivity index (χ3v) is 2.66. The van der Waals surface area contributed by atoms with E-state index in [2.05, 4.69) is 5.32 Å². The smallest absolute Gasteiger partial charge is 0.209 e. The quantitative estimate of drug-likeness (QED) is 0.357. The van der Waals surface area contributed by atoms with E-state index in [1.165, 1.54) is 4.90 Å². The van der Waals surface area contributed by atoms with Crippen LogP contribution in [0.2, 0.25) is 5.02 Å². The van der Waals surface area contributed by atoms with E-state index in [0.29, 0.717) is 16.3 Å². The van der Waals surface area contributed by atoms with Gasteiger partial charge in [0.15, 0.2) is 6.19 Å². The minimum absolute atomic E-state index is 0.0456. The monoisotopic (exact) mass is 275 g/mol. The van der Waals surface area contributed by atoms with Gasteiger partial charge in [0, 0.05) is 11.2 Å². The molecule has 19 heavy (non-hydrogen) atoms. The molecule has 0 radical (unpaired) electrons. The summed E-state index contributed by atoms with van der Waals surface area (Å²) in [6.07, 6.45) is 1.96. The van der Waals surface area contributed by atoms with E-state index in [4.69, 9.17) is 27.5 Å². The summed E-state index contributed by atoms with van der Waals surface area (Å²) in [6, 6.07) is 6.70. The Morgan fingerprint density at radius 3 is 2.42 bits per heavy atom. The van der Waals surface area contributed by atoms with Gasteiger partial charge in [0.2, 0.25) is 5.96 Å². The summed E-state index contributed by atoms with van der Waals surface area (Å²) < 4.78 is 0. The first-order valence-electron chi connectivity index (χ1n) is 5.55. The second-order valence-electron chi connectivity index (χ2n) is 4.89. The molecule has 2 N–H and O–H groups in total. The van der Waals surface area contributed by atoms with E-state index in [-0.39, 0.29) is 5.96 Å². The zero-order chi connectivity index (χ0) is 14.6. The van der Waals surface area contributed by atoms with E-state index in [9.17, 15) is 0 Å². The molecule has 0 fully saturated rings. The third-order valence-electron chi connectivity index (χ3n) is 2.35. The van der Waals surface area contributed by atoms with Gasteiger partial charge in [0.25, 0.3) is 0 Å². The van der Waals surface area contributed by atoms with E-state index in [1.807, 2.05) is 33.0 Å². The lowest BCUT2D eigenvalue weighted by atomic mass is 10.1. The Balaban J connectivity index is 2.92. The van der Waals surface area contributed by atoms with Gasteiger partial charge in [-0.15, -0.1) is 0 Å². The molecule has 1 aromatic carbocycles. The molecule has 98 valence electrons. The fourth-order valence-corrected chi connectivity index (χ4v) is 1.63. The summed E-state index contributed by atoms with van der Waals surface area (Å²) in [4.78, 5) is 1.25. The van der Waals surface area contributed by atoms with Crippen LogP contribution in [0, 0.1) is 28.2 Å². The zero-order valence-corrected chi connectivity index (χ0v) is 11.7. The average Bonchev–Trinajstić information content (AvgIpc) is 2.28. The van der Waals surface area contributed by atoms with Gasteiger partial charge in [-0.2, -0.15) is 10.5 Å². The number of nitrogens with one attached hydrogen (secondary N) is 2. The van der Waals surface area contributed by atoms with Crippen molar-refractivity contribution < 1.29 is 0 Å². The van der Waals surface area contributed by atoms with E-state index in [1.54, 1.807) is 18.2 Å². The van der Waals surface area contributed by atoms with Crippen LogP contribution in [0.15, 0.2) is 18.2 Å². The standard InChI is InChI=1S/C13H14ClN5/c1-13(2,3)19(8-16)12(17)18-10-5-4-9(7-15)11(14)6-10/h4-6H,1-3H3,(H2,17,18). The Morgan fingerprint density at radius 1 is 1.37 bits per heavy atom. The molecular formula is C13H14ClN5. The van der Waals surface area contributed by atoms with Crippen molar-refractivity contribution in [1.29, 1.82) is 15.9 Å². The number of nitrogens with zero attached hydrogens (tertiary/aromatic N) is 3. The lowest BCUT2D eigenvalue weighted by Gasteiger charge is -2.30. The van der Waals surface area contributed by atoms with Gasteiger partial charge in [0.05, 0.1) is 10.6 Å². The summed E-state index contributed by atoms with van der Waals surface area (Å²) in [6.45, 7) is 5.49. The molecule has 0 saturated carbocycles. The van der Waals surface area contributed by atoms with Gasteiger partial charge in [-0.25, -0.2) is 4.90 Å². The van der Waals surface area contributed by atoms with Crippen molar-refractivity contribution in [2.45, 2.75) is 26.3 Å². The van der Waals surface area contributed by atoms with Crippen LogP contribution in [0.4, 0.5) is 5.69 Å². The maximum absolute atomic E-state index is 9.07. The highest BCUT2D eigenvalue weighted by atomic mass is 35.5. The van der Waals surface area contributed by atoms with E-state index >= 15 is 0 Å². The first-order chi connectivity index (χ1) is 8.79. The van der Waals surface area contributed by atoms with Crippen LogP contribution in [0.5, 0.6) is 0 Å². The summed E-state index contributed by atoms with van der Waals surface area (Å²) in [5.74, 6) is -0.0456. The Kier molecular flexibility index (Phi) is 4.37. The number of anilines is 1. The molecule has 6 heteroatoms. The second kappa shape index (κ2) is 5.60. The Labute approximate surface area is 117 Å². The molecule has 5 nitrogen and oxygen atoms in total. The van der Waals surface area contributed by atoms with Crippen molar-refractivity contribution in [2.24, 2.45) is 0 Å². The van der Waals surface area contributed by atoms with Gasteiger partial charge in [-0.1, -0.05) is 11.6 Å². The molecule has 0 spiro atoms. The molecule has 0 unspecified atom stereocenters. The normalized spacial score (nSPS) is 10.2. The molecule has 0 bridgehead atoms. The van der Waals surface area contributed by atoms with Crippen molar-refractivity contribution >= 4 is 23.2 Å². The maximum Gasteiger partial charge on any atom is 0.209 e. The van der Waals surface area contributed by atoms with E-state index < -0.39 is 5.54 Å². The highest BCUT2D eigenvalue weighted by Crippen LogP contribution is 2.21. The number of halogens is 1. The highest BCUT2D eigenvalue weighted by molar-refractivity contribution is 6.32. The Morgan fingerprint density at radius 2 is 2.00 bits per heavy atom. The molecule has 0 aliphatic rings. The van der Waals surface area contributed by atoms with E-state index in [0.717, 1.165) is 0 Å². The van der Waals surface area contributed by atoms with Gasteiger partial charge in [-0.05, 0) is 39.0 Å². The Bertz CT molecular complexity index is 574. The van der Waals surface area contributed by atoms with Crippen molar-refractivity contribution in [2.75, 3.05) is 5.32 Å². The van der Waals surface area contributed by atoms with Crippen LogP contribution in [0.1, 0.15) is 26.3 Å². The first-order valence-corrected chi connectivity index (χ1v) is 5.92. The number of hydrogen-bond acceptors (Lipinski definition) is 3. The molecule has 0 saturated heterocycles. The SMILES string of the molecule is CC(C)(C)N(C#N)C(=N)Nc1ccc(C#N)c(Cl)c1. The van der Waals surface area contributed by atoms with Crippen LogP contribution in [0.25, 0.3) is 0 Å². The van der Waals surface area contributed by atoms with Crippen molar-refractivity contribution in [1.82, 2.24) is 4.90 Å². The molecule has 0 amide bonds. The first kappa shape index (κ1) is 14.8. The molecule has 0 aliphatic carbocycles. The lowest BCUT2D eigenvalue weighted by Crippen LogP contribution is -2.44. The largest absolute Gasteiger partial charge is 0.325 e. The number of benzene rings is 1. The van der Waals surface area contributed by atoms with Crippen LogP contribution in [-0.2, 0) is 0 Å². The number of hydrogen-bond donors (Lipinski definition) is 2. The molecule has 1 aromatic rings. The topological polar surface area (TPSA) is 86.7 Å². The van der Waals surface area contributed by atoms with Gasteiger partial charge in [-0.3, -0.25) is 5.41 Å². The summed E-state index contributed by atoms with van der Waals surface area (Å²) in [5.41, 5.74) is 0.431. The van der Waals surface area contributed by atoms with Gasteiger partial charge >= 0.3 is 0 Å². The molecular weight excluding hydrogens is 262 g/mol. The molecule has 1 rings (SSSR count). The fraction of sp³-hybridized carbons (Fsp3) is 0.308. The number of guanidine groups is 1.